The van der Waals surface area contributed by atoms with Gasteiger partial charge in [0.1, 0.15) is 5.75 Å². The quantitative estimate of drug-likeness (QED) is 0.665. The highest BCUT2D eigenvalue weighted by atomic mass is 16.6. The van der Waals surface area contributed by atoms with Crippen molar-refractivity contribution in [3.63, 3.8) is 0 Å². The molecule has 3 rings (SSSR count). The van der Waals surface area contributed by atoms with Gasteiger partial charge in [0.25, 0.3) is 17.5 Å². The van der Waals surface area contributed by atoms with Crippen LogP contribution in [-0.2, 0) is 4.79 Å². The van der Waals surface area contributed by atoms with Crippen molar-refractivity contribution in [2.75, 3.05) is 10.6 Å². The van der Waals surface area contributed by atoms with Crippen LogP contribution in [0.4, 0.5) is 17.1 Å². The van der Waals surface area contributed by atoms with Crippen LogP contribution < -0.4 is 15.4 Å². The molecule has 2 aromatic rings. The first-order valence-electron chi connectivity index (χ1n) is 7.11. The summed E-state index contributed by atoms with van der Waals surface area (Å²) in [6.45, 7) is 1.64. The molecule has 0 aromatic heterocycles. The Bertz CT molecular complexity index is 849. The molecular formula is C16H13N3O5. The zero-order chi connectivity index (χ0) is 17.3. The van der Waals surface area contributed by atoms with Crippen molar-refractivity contribution in [1.82, 2.24) is 0 Å². The van der Waals surface area contributed by atoms with Crippen LogP contribution in [0, 0.1) is 10.1 Å². The molecule has 1 aliphatic rings. The van der Waals surface area contributed by atoms with Gasteiger partial charge in [-0.25, -0.2) is 0 Å². The van der Waals surface area contributed by atoms with Gasteiger partial charge in [-0.05, 0) is 31.2 Å². The van der Waals surface area contributed by atoms with Crippen molar-refractivity contribution in [3.8, 4) is 5.75 Å². The summed E-state index contributed by atoms with van der Waals surface area (Å²) >= 11 is 0. The fraction of sp³-hybridized carbons (Fsp3) is 0.125. The number of carbonyl (C=O) groups is 2. The summed E-state index contributed by atoms with van der Waals surface area (Å²) in [5.41, 5.74) is 0.886. The van der Waals surface area contributed by atoms with Crippen LogP contribution in [0.5, 0.6) is 5.75 Å². The number of nitro groups is 1. The van der Waals surface area contributed by atoms with Gasteiger partial charge in [0.05, 0.1) is 10.6 Å². The van der Waals surface area contributed by atoms with E-state index in [-0.39, 0.29) is 17.2 Å². The topological polar surface area (TPSA) is 111 Å². The molecule has 8 nitrogen and oxygen atoms in total. The van der Waals surface area contributed by atoms with Gasteiger partial charge >= 0.3 is 0 Å². The van der Waals surface area contributed by atoms with E-state index in [9.17, 15) is 19.7 Å². The third kappa shape index (κ3) is 3.02. The Kier molecular flexibility index (Phi) is 3.87. The third-order valence-corrected chi connectivity index (χ3v) is 3.49. The van der Waals surface area contributed by atoms with Crippen molar-refractivity contribution < 1.29 is 19.2 Å². The third-order valence-electron chi connectivity index (χ3n) is 3.49. The van der Waals surface area contributed by atoms with Gasteiger partial charge in [-0.2, -0.15) is 0 Å². The van der Waals surface area contributed by atoms with E-state index in [1.807, 2.05) is 0 Å². The zero-order valence-corrected chi connectivity index (χ0v) is 12.6. The Morgan fingerprint density at radius 3 is 2.83 bits per heavy atom. The van der Waals surface area contributed by atoms with Crippen LogP contribution >= 0.6 is 0 Å². The number of nitro benzene ring substituents is 1. The summed E-state index contributed by atoms with van der Waals surface area (Å²) in [7, 11) is 0. The Morgan fingerprint density at radius 2 is 2.08 bits per heavy atom. The summed E-state index contributed by atoms with van der Waals surface area (Å²) in [4.78, 5) is 34.1. The highest BCUT2D eigenvalue weighted by Crippen LogP contribution is 2.32. The number of non-ortho nitro benzene ring substituents is 1. The minimum Gasteiger partial charge on any atom is -0.479 e. The Morgan fingerprint density at radius 1 is 1.29 bits per heavy atom. The number of nitrogens with zero attached hydrogens (tertiary/aromatic N) is 1. The van der Waals surface area contributed by atoms with E-state index in [0.717, 1.165) is 0 Å². The van der Waals surface area contributed by atoms with Crippen molar-refractivity contribution in [2.24, 2.45) is 0 Å². The minimum absolute atomic E-state index is 0.163. The lowest BCUT2D eigenvalue weighted by atomic mass is 10.1. The standard InChI is InChI=1S/C16H13N3O5/c1-9-15(20)18-13-8-11(5-6-14(13)24-9)17-16(21)10-3-2-4-12(7-10)19(22)23/h2-9H,1H3,(H,17,21)(H,18,20)/t9-/m1/s1. The fourth-order valence-electron chi connectivity index (χ4n) is 2.25. The maximum atomic E-state index is 12.2. The normalized spacial score (nSPS) is 15.7. The second-order valence-corrected chi connectivity index (χ2v) is 5.22. The van der Waals surface area contributed by atoms with E-state index in [4.69, 9.17) is 4.74 Å². The lowest BCUT2D eigenvalue weighted by Crippen LogP contribution is -2.34. The van der Waals surface area contributed by atoms with Crippen LogP contribution in [-0.4, -0.2) is 22.8 Å². The van der Waals surface area contributed by atoms with Gasteiger partial charge < -0.3 is 15.4 Å². The van der Waals surface area contributed by atoms with Crippen molar-refractivity contribution >= 4 is 28.9 Å². The largest absolute Gasteiger partial charge is 0.479 e. The van der Waals surface area contributed by atoms with Gasteiger partial charge in [0, 0.05) is 23.4 Å². The van der Waals surface area contributed by atoms with Crippen molar-refractivity contribution in [2.45, 2.75) is 13.0 Å². The van der Waals surface area contributed by atoms with Crippen LogP contribution in [0.2, 0.25) is 0 Å². The summed E-state index contributed by atoms with van der Waals surface area (Å²) in [5, 5.41) is 16.1. The lowest BCUT2D eigenvalue weighted by Gasteiger charge is -2.23. The highest BCUT2D eigenvalue weighted by Gasteiger charge is 2.23. The van der Waals surface area contributed by atoms with E-state index in [1.54, 1.807) is 25.1 Å². The highest BCUT2D eigenvalue weighted by molar-refractivity contribution is 6.05. The molecule has 8 heteroatoms. The maximum Gasteiger partial charge on any atom is 0.270 e. The average molecular weight is 327 g/mol. The molecule has 0 fully saturated rings. The number of carbonyl (C=O) groups excluding carboxylic acids is 2. The van der Waals surface area contributed by atoms with Gasteiger partial charge in [0.2, 0.25) is 0 Å². The first-order chi connectivity index (χ1) is 11.4. The van der Waals surface area contributed by atoms with E-state index >= 15 is 0 Å². The predicted octanol–water partition coefficient (Wildman–Crippen LogP) is 2.57. The van der Waals surface area contributed by atoms with Gasteiger partial charge in [-0.15, -0.1) is 0 Å². The number of fused-ring (bicyclic) bond motifs is 1. The molecule has 0 aliphatic carbocycles. The summed E-state index contributed by atoms with van der Waals surface area (Å²) < 4.78 is 5.43. The predicted molar refractivity (Wildman–Crippen MR) is 86.2 cm³/mol. The number of benzene rings is 2. The number of anilines is 2. The molecule has 0 saturated heterocycles. The molecule has 1 aliphatic heterocycles. The maximum absolute atomic E-state index is 12.2. The van der Waals surface area contributed by atoms with Gasteiger partial charge in [-0.1, -0.05) is 6.07 Å². The van der Waals surface area contributed by atoms with Crippen LogP contribution in [0.3, 0.4) is 0 Å². The molecule has 1 heterocycles. The Labute approximate surface area is 136 Å². The molecule has 1 atom stereocenters. The molecule has 2 N–H and O–H groups in total. The molecule has 0 unspecified atom stereocenters. The Hall–Kier alpha value is -3.42. The number of nitrogens with one attached hydrogen (secondary N) is 2. The molecule has 122 valence electrons. The molecule has 2 aromatic carbocycles. The molecule has 24 heavy (non-hydrogen) atoms. The monoisotopic (exact) mass is 327 g/mol. The minimum atomic E-state index is -0.581. The average Bonchev–Trinajstić information content (AvgIpc) is 2.56. The lowest BCUT2D eigenvalue weighted by molar-refractivity contribution is -0.384. The summed E-state index contributed by atoms with van der Waals surface area (Å²) in [5.74, 6) is -0.254. The SMILES string of the molecule is C[C@H]1Oc2ccc(NC(=O)c3cccc([N+](=O)[O-])c3)cc2NC1=O. The Balaban J connectivity index is 1.80. The second kappa shape index (κ2) is 5.99. The van der Waals surface area contributed by atoms with Crippen LogP contribution in [0.1, 0.15) is 17.3 Å². The van der Waals surface area contributed by atoms with Gasteiger partial charge in [0.15, 0.2) is 6.10 Å². The molecular weight excluding hydrogens is 314 g/mol. The first-order valence-corrected chi connectivity index (χ1v) is 7.11. The zero-order valence-electron chi connectivity index (χ0n) is 12.6. The smallest absolute Gasteiger partial charge is 0.270 e. The van der Waals surface area contributed by atoms with Crippen LogP contribution in [0.15, 0.2) is 42.5 Å². The molecule has 2 amide bonds. The number of amides is 2. The fourth-order valence-corrected chi connectivity index (χ4v) is 2.25. The van der Waals surface area contributed by atoms with E-state index < -0.39 is 16.9 Å². The molecule has 0 radical (unpaired) electrons. The number of hydrogen-bond acceptors (Lipinski definition) is 5. The summed E-state index contributed by atoms with van der Waals surface area (Å²) in [6.07, 6.45) is -0.581. The van der Waals surface area contributed by atoms with Crippen molar-refractivity contribution in [3.05, 3.63) is 58.1 Å². The van der Waals surface area contributed by atoms with E-state index in [1.165, 1.54) is 24.3 Å². The van der Waals surface area contributed by atoms with Gasteiger partial charge in [-0.3, -0.25) is 19.7 Å². The molecule has 0 spiro atoms. The van der Waals surface area contributed by atoms with E-state index in [0.29, 0.717) is 17.1 Å². The number of rotatable bonds is 3. The van der Waals surface area contributed by atoms with Crippen molar-refractivity contribution in [1.29, 1.82) is 0 Å². The second-order valence-electron chi connectivity index (χ2n) is 5.22. The number of hydrogen-bond donors (Lipinski definition) is 2. The molecule has 0 bridgehead atoms. The molecule has 0 saturated carbocycles. The number of ether oxygens (including phenoxy) is 1. The van der Waals surface area contributed by atoms with E-state index in [2.05, 4.69) is 10.6 Å². The summed E-state index contributed by atoms with van der Waals surface area (Å²) in [6, 6.07) is 10.2. The van der Waals surface area contributed by atoms with Crippen LogP contribution in [0.25, 0.3) is 0 Å². The first kappa shape index (κ1) is 15.5.